The van der Waals surface area contributed by atoms with E-state index in [1.807, 2.05) is 30.3 Å². The van der Waals surface area contributed by atoms with E-state index in [1.165, 1.54) is 4.31 Å². The first-order valence-electron chi connectivity index (χ1n) is 7.80. The predicted molar refractivity (Wildman–Crippen MR) is 87.8 cm³/mol. The van der Waals surface area contributed by atoms with Crippen LogP contribution in [0.1, 0.15) is 23.2 Å². The summed E-state index contributed by atoms with van der Waals surface area (Å²) in [7, 11) is -1.80. The standard InChI is InChI=1S/C16H21N3O4S/c1-12-17-16(23-18-12)15-9-19(8-14(15)10-22-2)24(20,21)11-13-6-4-3-5-7-13/h3-7,14-15H,8-11H2,1-2H3/t14-,15+/m0/s1. The maximum Gasteiger partial charge on any atom is 0.231 e. The molecule has 0 saturated carbocycles. The number of ether oxygens (including phenoxy) is 1. The first-order chi connectivity index (χ1) is 11.5. The van der Waals surface area contributed by atoms with E-state index in [9.17, 15) is 8.42 Å². The zero-order valence-electron chi connectivity index (χ0n) is 13.8. The van der Waals surface area contributed by atoms with Crippen molar-refractivity contribution in [1.29, 1.82) is 0 Å². The van der Waals surface area contributed by atoms with Crippen LogP contribution in [0.3, 0.4) is 0 Å². The number of nitrogens with zero attached hydrogens (tertiary/aromatic N) is 3. The first-order valence-corrected chi connectivity index (χ1v) is 9.41. The van der Waals surface area contributed by atoms with Crippen LogP contribution in [-0.2, 0) is 20.5 Å². The summed E-state index contributed by atoms with van der Waals surface area (Å²) in [4.78, 5) is 4.27. The van der Waals surface area contributed by atoms with Crippen LogP contribution < -0.4 is 0 Å². The molecule has 1 aromatic heterocycles. The molecular formula is C16H21N3O4S. The Morgan fingerprint density at radius 3 is 2.67 bits per heavy atom. The third-order valence-corrected chi connectivity index (χ3v) is 6.02. The molecule has 1 aromatic carbocycles. The van der Waals surface area contributed by atoms with Gasteiger partial charge in [0.15, 0.2) is 5.82 Å². The Kier molecular flexibility index (Phi) is 4.98. The molecule has 1 aliphatic heterocycles. The quantitative estimate of drug-likeness (QED) is 0.785. The van der Waals surface area contributed by atoms with Gasteiger partial charge in [0, 0.05) is 26.1 Å². The SMILES string of the molecule is COC[C@@H]1CN(S(=O)(=O)Cc2ccccc2)C[C@H]1c1nc(C)no1. The highest BCUT2D eigenvalue weighted by atomic mass is 32.2. The topological polar surface area (TPSA) is 85.5 Å². The van der Waals surface area contributed by atoms with Gasteiger partial charge in [0.25, 0.3) is 0 Å². The van der Waals surface area contributed by atoms with Crippen molar-refractivity contribution in [2.24, 2.45) is 5.92 Å². The van der Waals surface area contributed by atoms with Crippen LogP contribution in [0, 0.1) is 12.8 Å². The minimum Gasteiger partial charge on any atom is -0.384 e. The summed E-state index contributed by atoms with van der Waals surface area (Å²) in [5.41, 5.74) is 0.776. The number of hydrogen-bond acceptors (Lipinski definition) is 6. The number of rotatable bonds is 6. The molecule has 0 N–H and O–H groups in total. The van der Waals surface area contributed by atoms with Crippen LogP contribution in [0.4, 0.5) is 0 Å². The van der Waals surface area contributed by atoms with E-state index < -0.39 is 10.0 Å². The molecular weight excluding hydrogens is 330 g/mol. The molecule has 2 atom stereocenters. The Balaban J connectivity index is 1.79. The summed E-state index contributed by atoms with van der Waals surface area (Å²) in [6.45, 7) is 2.93. The third-order valence-electron chi connectivity index (χ3n) is 4.23. The second-order valence-electron chi connectivity index (χ2n) is 6.06. The molecule has 0 amide bonds. The van der Waals surface area contributed by atoms with Crippen molar-refractivity contribution in [3.8, 4) is 0 Å². The molecule has 2 aromatic rings. The fraction of sp³-hybridized carbons (Fsp3) is 0.500. The number of sulfonamides is 1. The fourth-order valence-electron chi connectivity index (χ4n) is 3.06. The Morgan fingerprint density at radius 1 is 1.29 bits per heavy atom. The minimum atomic E-state index is -3.41. The number of aromatic nitrogens is 2. The number of aryl methyl sites for hydroxylation is 1. The van der Waals surface area contributed by atoms with Crippen LogP contribution in [0.15, 0.2) is 34.9 Å². The summed E-state index contributed by atoms with van der Waals surface area (Å²) in [5.74, 6) is 0.874. The molecule has 7 nitrogen and oxygen atoms in total. The second-order valence-corrected chi connectivity index (χ2v) is 8.03. The lowest BCUT2D eigenvalue weighted by molar-refractivity contribution is 0.145. The van der Waals surface area contributed by atoms with Gasteiger partial charge in [-0.05, 0) is 12.5 Å². The molecule has 8 heteroatoms. The molecule has 2 heterocycles. The number of hydrogen-bond donors (Lipinski definition) is 0. The lowest BCUT2D eigenvalue weighted by Crippen LogP contribution is -2.30. The molecule has 24 heavy (non-hydrogen) atoms. The van der Waals surface area contributed by atoms with Crippen LogP contribution in [0.2, 0.25) is 0 Å². The smallest absolute Gasteiger partial charge is 0.231 e. The normalized spacial score (nSPS) is 22.1. The summed E-state index contributed by atoms with van der Waals surface area (Å²) in [5, 5.41) is 3.82. The molecule has 0 unspecified atom stereocenters. The molecule has 1 saturated heterocycles. The maximum atomic E-state index is 12.8. The average Bonchev–Trinajstić information content (AvgIpc) is 3.15. The summed E-state index contributed by atoms with van der Waals surface area (Å²) >= 11 is 0. The van der Waals surface area contributed by atoms with Crippen molar-refractivity contribution >= 4 is 10.0 Å². The van der Waals surface area contributed by atoms with E-state index in [1.54, 1.807) is 14.0 Å². The molecule has 1 fully saturated rings. The minimum absolute atomic E-state index is 0.000369. The van der Waals surface area contributed by atoms with Crippen molar-refractivity contribution < 1.29 is 17.7 Å². The molecule has 130 valence electrons. The zero-order valence-corrected chi connectivity index (χ0v) is 14.6. The van der Waals surface area contributed by atoms with Crippen LogP contribution in [0.25, 0.3) is 0 Å². The van der Waals surface area contributed by atoms with Gasteiger partial charge >= 0.3 is 0 Å². The van der Waals surface area contributed by atoms with E-state index in [0.717, 1.165) is 5.56 Å². The monoisotopic (exact) mass is 351 g/mol. The second kappa shape index (κ2) is 7.00. The van der Waals surface area contributed by atoms with Gasteiger partial charge < -0.3 is 9.26 Å². The zero-order chi connectivity index (χ0) is 17.2. The highest BCUT2D eigenvalue weighted by Gasteiger charge is 2.42. The van der Waals surface area contributed by atoms with Gasteiger partial charge in [-0.15, -0.1) is 0 Å². The highest BCUT2D eigenvalue weighted by Crippen LogP contribution is 2.34. The lowest BCUT2D eigenvalue weighted by Gasteiger charge is -2.16. The Hall–Kier alpha value is -1.77. The van der Waals surface area contributed by atoms with Gasteiger partial charge in [0.1, 0.15) is 0 Å². The number of benzene rings is 1. The van der Waals surface area contributed by atoms with Crippen molar-refractivity contribution in [1.82, 2.24) is 14.4 Å². The van der Waals surface area contributed by atoms with Gasteiger partial charge in [-0.25, -0.2) is 12.7 Å². The first kappa shape index (κ1) is 17.1. The largest absolute Gasteiger partial charge is 0.384 e. The molecule has 3 rings (SSSR count). The van der Waals surface area contributed by atoms with E-state index in [0.29, 0.717) is 31.4 Å². The molecule has 0 bridgehead atoms. The summed E-state index contributed by atoms with van der Waals surface area (Å²) < 4.78 is 37.5. The lowest BCUT2D eigenvalue weighted by atomic mass is 9.97. The van der Waals surface area contributed by atoms with Crippen LogP contribution >= 0.6 is 0 Å². The average molecular weight is 351 g/mol. The fourth-order valence-corrected chi connectivity index (χ4v) is 4.66. The summed E-state index contributed by atoms with van der Waals surface area (Å²) in [6.07, 6.45) is 0. The third kappa shape index (κ3) is 3.66. The Labute approximate surface area is 141 Å². The van der Waals surface area contributed by atoms with Crippen molar-refractivity contribution in [2.45, 2.75) is 18.6 Å². The Bertz CT molecular complexity index is 776. The summed E-state index contributed by atoms with van der Waals surface area (Å²) in [6, 6.07) is 9.19. The van der Waals surface area contributed by atoms with Crippen molar-refractivity contribution in [3.63, 3.8) is 0 Å². The predicted octanol–water partition coefficient (Wildman–Crippen LogP) is 1.57. The molecule has 1 aliphatic rings. The van der Waals surface area contributed by atoms with E-state index in [4.69, 9.17) is 9.26 Å². The van der Waals surface area contributed by atoms with E-state index >= 15 is 0 Å². The van der Waals surface area contributed by atoms with Gasteiger partial charge in [-0.1, -0.05) is 35.5 Å². The number of methoxy groups -OCH3 is 1. The Morgan fingerprint density at radius 2 is 2.04 bits per heavy atom. The van der Waals surface area contributed by atoms with Gasteiger partial charge in [0.05, 0.1) is 18.3 Å². The van der Waals surface area contributed by atoms with Crippen molar-refractivity contribution in [3.05, 3.63) is 47.6 Å². The highest BCUT2D eigenvalue weighted by molar-refractivity contribution is 7.88. The molecule has 0 aliphatic carbocycles. The van der Waals surface area contributed by atoms with Crippen molar-refractivity contribution in [2.75, 3.05) is 26.8 Å². The van der Waals surface area contributed by atoms with Gasteiger partial charge in [-0.3, -0.25) is 0 Å². The maximum absolute atomic E-state index is 12.8. The molecule has 0 spiro atoms. The van der Waals surface area contributed by atoms with Crippen LogP contribution in [0.5, 0.6) is 0 Å². The van der Waals surface area contributed by atoms with E-state index in [2.05, 4.69) is 10.1 Å². The van der Waals surface area contributed by atoms with E-state index in [-0.39, 0.29) is 17.6 Å². The van der Waals surface area contributed by atoms with Gasteiger partial charge in [-0.2, -0.15) is 4.98 Å². The molecule has 0 radical (unpaired) electrons. The van der Waals surface area contributed by atoms with Crippen LogP contribution in [-0.4, -0.2) is 49.7 Å². The van der Waals surface area contributed by atoms with Gasteiger partial charge in [0.2, 0.25) is 15.9 Å².